The standard InChI is InChI=1S/C14H19NO3/c1-4-12(14(17)18-3)13(16)15-9-11-7-5-10(2)6-8-11/h5-8,12H,4,9H2,1-3H3,(H,15,16). The molecule has 0 saturated heterocycles. The molecule has 1 aromatic rings. The number of methoxy groups -OCH3 is 1. The van der Waals surface area contributed by atoms with Crippen molar-refractivity contribution in [2.45, 2.75) is 26.8 Å². The van der Waals surface area contributed by atoms with Gasteiger partial charge in [-0.2, -0.15) is 0 Å². The molecule has 1 unspecified atom stereocenters. The summed E-state index contributed by atoms with van der Waals surface area (Å²) >= 11 is 0. The number of benzene rings is 1. The Kier molecular flexibility index (Phi) is 5.36. The normalized spacial score (nSPS) is 11.7. The smallest absolute Gasteiger partial charge is 0.318 e. The number of hydrogen-bond acceptors (Lipinski definition) is 3. The van der Waals surface area contributed by atoms with Crippen LogP contribution in [-0.4, -0.2) is 19.0 Å². The number of esters is 1. The van der Waals surface area contributed by atoms with E-state index in [1.807, 2.05) is 31.2 Å². The Bertz CT molecular complexity index is 412. The molecular formula is C14H19NO3. The third kappa shape index (κ3) is 3.87. The minimum Gasteiger partial charge on any atom is -0.468 e. The molecule has 1 amide bonds. The van der Waals surface area contributed by atoms with Crippen LogP contribution in [0.3, 0.4) is 0 Å². The number of ether oxygens (including phenoxy) is 1. The van der Waals surface area contributed by atoms with Crippen molar-refractivity contribution < 1.29 is 14.3 Å². The summed E-state index contributed by atoms with van der Waals surface area (Å²) in [5.41, 5.74) is 2.18. The van der Waals surface area contributed by atoms with Crippen molar-refractivity contribution in [3.63, 3.8) is 0 Å². The second-order valence-electron chi connectivity index (χ2n) is 4.19. The lowest BCUT2D eigenvalue weighted by Crippen LogP contribution is -2.35. The first-order chi connectivity index (χ1) is 8.58. The maximum atomic E-state index is 11.8. The van der Waals surface area contributed by atoms with Gasteiger partial charge in [0, 0.05) is 6.54 Å². The SMILES string of the molecule is CCC(C(=O)NCc1ccc(C)cc1)C(=O)OC. The number of carbonyl (C=O) groups excluding carboxylic acids is 2. The van der Waals surface area contributed by atoms with Crippen LogP contribution >= 0.6 is 0 Å². The molecule has 0 radical (unpaired) electrons. The molecule has 1 rings (SSSR count). The molecule has 98 valence electrons. The number of rotatable bonds is 5. The molecule has 18 heavy (non-hydrogen) atoms. The Morgan fingerprint density at radius 2 is 1.89 bits per heavy atom. The molecule has 0 fully saturated rings. The van der Waals surface area contributed by atoms with E-state index < -0.39 is 11.9 Å². The van der Waals surface area contributed by atoms with Crippen molar-refractivity contribution >= 4 is 11.9 Å². The number of nitrogens with one attached hydrogen (secondary N) is 1. The van der Waals surface area contributed by atoms with Crippen LogP contribution < -0.4 is 5.32 Å². The summed E-state index contributed by atoms with van der Waals surface area (Å²) in [6, 6.07) is 7.88. The minimum atomic E-state index is -0.722. The quantitative estimate of drug-likeness (QED) is 0.639. The van der Waals surface area contributed by atoms with Crippen molar-refractivity contribution in [2.75, 3.05) is 7.11 Å². The lowest BCUT2D eigenvalue weighted by molar-refractivity contribution is -0.150. The molecule has 0 heterocycles. The van der Waals surface area contributed by atoms with E-state index in [-0.39, 0.29) is 5.91 Å². The van der Waals surface area contributed by atoms with Gasteiger partial charge in [-0.25, -0.2) is 0 Å². The zero-order valence-corrected chi connectivity index (χ0v) is 11.0. The maximum absolute atomic E-state index is 11.8. The summed E-state index contributed by atoms with van der Waals surface area (Å²) in [4.78, 5) is 23.2. The molecule has 1 N–H and O–H groups in total. The van der Waals surface area contributed by atoms with Gasteiger partial charge in [0.25, 0.3) is 0 Å². The van der Waals surface area contributed by atoms with Gasteiger partial charge in [-0.1, -0.05) is 36.8 Å². The second-order valence-corrected chi connectivity index (χ2v) is 4.19. The maximum Gasteiger partial charge on any atom is 0.318 e. The highest BCUT2D eigenvalue weighted by Gasteiger charge is 2.24. The Balaban J connectivity index is 2.54. The van der Waals surface area contributed by atoms with Gasteiger partial charge in [-0.3, -0.25) is 9.59 Å². The zero-order chi connectivity index (χ0) is 13.5. The Morgan fingerprint density at radius 3 is 2.39 bits per heavy atom. The van der Waals surface area contributed by atoms with E-state index in [2.05, 4.69) is 10.1 Å². The summed E-state index contributed by atoms with van der Waals surface area (Å²) in [7, 11) is 1.29. The van der Waals surface area contributed by atoms with Crippen LogP contribution in [0.5, 0.6) is 0 Å². The average Bonchev–Trinajstić information content (AvgIpc) is 2.38. The first kappa shape index (κ1) is 14.2. The van der Waals surface area contributed by atoms with Gasteiger partial charge < -0.3 is 10.1 Å². The highest BCUT2D eigenvalue weighted by molar-refractivity contribution is 5.97. The third-order valence-corrected chi connectivity index (χ3v) is 2.80. The Labute approximate surface area is 107 Å². The molecular weight excluding hydrogens is 230 g/mol. The van der Waals surface area contributed by atoms with Gasteiger partial charge in [0.05, 0.1) is 7.11 Å². The zero-order valence-electron chi connectivity index (χ0n) is 11.0. The van der Waals surface area contributed by atoms with Gasteiger partial charge in [-0.05, 0) is 18.9 Å². The summed E-state index contributed by atoms with van der Waals surface area (Å²) in [6.45, 7) is 4.21. The van der Waals surface area contributed by atoms with Gasteiger partial charge in [0.15, 0.2) is 0 Å². The van der Waals surface area contributed by atoms with E-state index in [1.165, 1.54) is 12.7 Å². The molecule has 1 aromatic carbocycles. The molecule has 4 heteroatoms. The first-order valence-electron chi connectivity index (χ1n) is 5.99. The number of amides is 1. The lowest BCUT2D eigenvalue weighted by atomic mass is 10.1. The fourth-order valence-corrected chi connectivity index (χ4v) is 1.62. The number of hydrogen-bond donors (Lipinski definition) is 1. The molecule has 0 spiro atoms. The van der Waals surface area contributed by atoms with Gasteiger partial charge in [0.1, 0.15) is 5.92 Å². The van der Waals surface area contributed by atoms with E-state index in [0.29, 0.717) is 13.0 Å². The predicted molar refractivity (Wildman–Crippen MR) is 68.8 cm³/mol. The third-order valence-electron chi connectivity index (χ3n) is 2.80. The van der Waals surface area contributed by atoms with E-state index in [1.54, 1.807) is 6.92 Å². The predicted octanol–water partition coefficient (Wildman–Crippen LogP) is 1.81. The molecule has 0 bridgehead atoms. The first-order valence-corrected chi connectivity index (χ1v) is 5.99. The fraction of sp³-hybridized carbons (Fsp3) is 0.429. The monoisotopic (exact) mass is 249 g/mol. The van der Waals surface area contributed by atoms with Crippen molar-refractivity contribution in [3.8, 4) is 0 Å². The van der Waals surface area contributed by atoms with Crippen LogP contribution in [0.25, 0.3) is 0 Å². The lowest BCUT2D eigenvalue weighted by Gasteiger charge is -2.12. The summed E-state index contributed by atoms with van der Waals surface area (Å²) in [5, 5.41) is 2.74. The minimum absolute atomic E-state index is 0.287. The van der Waals surface area contributed by atoms with Crippen LogP contribution in [0.4, 0.5) is 0 Å². The van der Waals surface area contributed by atoms with Gasteiger partial charge in [-0.15, -0.1) is 0 Å². The topological polar surface area (TPSA) is 55.4 Å². The van der Waals surface area contributed by atoms with Crippen molar-refractivity contribution in [3.05, 3.63) is 35.4 Å². The highest BCUT2D eigenvalue weighted by Crippen LogP contribution is 2.07. The van der Waals surface area contributed by atoms with E-state index in [0.717, 1.165) is 5.56 Å². The Hall–Kier alpha value is -1.84. The molecule has 1 atom stereocenters. The summed E-state index contributed by atoms with van der Waals surface area (Å²) < 4.78 is 4.59. The van der Waals surface area contributed by atoms with Crippen molar-refractivity contribution in [2.24, 2.45) is 5.92 Å². The van der Waals surface area contributed by atoms with Crippen LogP contribution in [0.1, 0.15) is 24.5 Å². The molecule has 0 aliphatic heterocycles. The Morgan fingerprint density at radius 1 is 1.28 bits per heavy atom. The van der Waals surface area contributed by atoms with Crippen molar-refractivity contribution in [1.82, 2.24) is 5.32 Å². The molecule has 0 saturated carbocycles. The molecule has 0 aromatic heterocycles. The summed E-state index contributed by atoms with van der Waals surface area (Å²) in [5.74, 6) is -1.50. The van der Waals surface area contributed by atoms with E-state index >= 15 is 0 Å². The van der Waals surface area contributed by atoms with E-state index in [9.17, 15) is 9.59 Å². The van der Waals surface area contributed by atoms with Crippen LogP contribution in [0, 0.1) is 12.8 Å². The second kappa shape index (κ2) is 6.79. The molecule has 0 aliphatic rings. The van der Waals surface area contributed by atoms with Gasteiger partial charge in [0.2, 0.25) is 5.91 Å². The van der Waals surface area contributed by atoms with Crippen LogP contribution in [0.2, 0.25) is 0 Å². The number of aryl methyl sites for hydroxylation is 1. The van der Waals surface area contributed by atoms with E-state index in [4.69, 9.17) is 0 Å². The number of carbonyl (C=O) groups is 2. The molecule has 4 nitrogen and oxygen atoms in total. The van der Waals surface area contributed by atoms with Crippen LogP contribution in [0.15, 0.2) is 24.3 Å². The highest BCUT2D eigenvalue weighted by atomic mass is 16.5. The van der Waals surface area contributed by atoms with Gasteiger partial charge >= 0.3 is 5.97 Å². The fourth-order valence-electron chi connectivity index (χ4n) is 1.62. The average molecular weight is 249 g/mol. The van der Waals surface area contributed by atoms with Crippen molar-refractivity contribution in [1.29, 1.82) is 0 Å². The van der Waals surface area contributed by atoms with Crippen LogP contribution in [-0.2, 0) is 20.9 Å². The summed E-state index contributed by atoms with van der Waals surface area (Å²) in [6.07, 6.45) is 0.437. The molecule has 0 aliphatic carbocycles. The largest absolute Gasteiger partial charge is 0.468 e.